The monoisotopic (exact) mass is 312 g/mol. The lowest BCUT2D eigenvalue weighted by Crippen LogP contribution is -2.42. The van der Waals surface area contributed by atoms with Crippen LogP contribution < -0.4 is 10.6 Å². The molecule has 0 radical (unpaired) electrons. The third kappa shape index (κ3) is 4.52. The molecule has 1 heterocycles. The number of aliphatic hydroxyl groups excluding tert-OH is 1. The minimum Gasteiger partial charge on any atom is -0.390 e. The normalized spacial score (nSPS) is 23.9. The molecule has 116 valence electrons. The first-order valence-corrected chi connectivity index (χ1v) is 8.72. The van der Waals surface area contributed by atoms with Gasteiger partial charge in [-0.1, -0.05) is 19.1 Å². The summed E-state index contributed by atoms with van der Waals surface area (Å²) in [5, 5.41) is 15.2. The van der Waals surface area contributed by atoms with E-state index in [9.17, 15) is 18.3 Å². The Morgan fingerprint density at radius 1 is 1.38 bits per heavy atom. The molecular weight excluding hydrogens is 292 g/mol. The summed E-state index contributed by atoms with van der Waals surface area (Å²) in [7, 11) is -3.20. The Balaban J connectivity index is 1.85. The van der Waals surface area contributed by atoms with Crippen LogP contribution in [0.5, 0.6) is 0 Å². The van der Waals surface area contributed by atoms with Crippen molar-refractivity contribution in [1.82, 2.24) is 5.32 Å². The van der Waals surface area contributed by atoms with E-state index in [0.29, 0.717) is 5.69 Å². The number of sulfone groups is 1. The van der Waals surface area contributed by atoms with E-state index < -0.39 is 22.0 Å². The van der Waals surface area contributed by atoms with E-state index in [2.05, 4.69) is 10.6 Å². The number of carbonyl (C=O) groups excluding carboxylic acids is 1. The molecule has 2 unspecified atom stereocenters. The maximum absolute atomic E-state index is 11.8. The van der Waals surface area contributed by atoms with E-state index in [1.165, 1.54) is 0 Å². The Hall–Kier alpha value is -1.44. The molecular formula is C14H20N2O4S. The van der Waals surface area contributed by atoms with Crippen molar-refractivity contribution < 1.29 is 18.3 Å². The van der Waals surface area contributed by atoms with Gasteiger partial charge in [0.1, 0.15) is 0 Å². The number of carbonyl (C=O) groups is 1. The Labute approximate surface area is 124 Å². The molecule has 1 aliphatic heterocycles. The van der Waals surface area contributed by atoms with Gasteiger partial charge in [-0.15, -0.1) is 0 Å². The molecule has 0 saturated carbocycles. The second-order valence-corrected chi connectivity index (χ2v) is 7.39. The van der Waals surface area contributed by atoms with Crippen molar-refractivity contribution in [3.8, 4) is 0 Å². The number of nitrogens with one attached hydrogen (secondary N) is 2. The van der Waals surface area contributed by atoms with Gasteiger partial charge in [0, 0.05) is 11.7 Å². The van der Waals surface area contributed by atoms with Gasteiger partial charge in [-0.2, -0.15) is 0 Å². The highest BCUT2D eigenvalue weighted by molar-refractivity contribution is 7.91. The molecule has 1 amide bonds. The number of hydrogen-bond acceptors (Lipinski definition) is 5. The van der Waals surface area contributed by atoms with Gasteiger partial charge in [-0.25, -0.2) is 8.42 Å². The number of aliphatic hydroxyl groups is 1. The fourth-order valence-electron chi connectivity index (χ4n) is 2.32. The van der Waals surface area contributed by atoms with Crippen molar-refractivity contribution in [2.24, 2.45) is 0 Å². The lowest BCUT2D eigenvalue weighted by Gasteiger charge is -2.14. The van der Waals surface area contributed by atoms with Crippen LogP contribution in [0.3, 0.4) is 0 Å². The molecule has 0 aliphatic carbocycles. The summed E-state index contributed by atoms with van der Waals surface area (Å²) in [6.45, 7) is 2.00. The van der Waals surface area contributed by atoms with Gasteiger partial charge in [0.05, 0.1) is 24.2 Å². The first-order chi connectivity index (χ1) is 9.89. The maximum atomic E-state index is 11.8. The molecule has 3 N–H and O–H groups in total. The molecule has 21 heavy (non-hydrogen) atoms. The summed E-state index contributed by atoms with van der Waals surface area (Å²) >= 11 is 0. The van der Waals surface area contributed by atoms with Crippen molar-refractivity contribution in [2.45, 2.75) is 25.5 Å². The van der Waals surface area contributed by atoms with Crippen LogP contribution in [0.1, 0.15) is 12.5 Å². The summed E-state index contributed by atoms with van der Waals surface area (Å²) in [4.78, 5) is 11.8. The predicted octanol–water partition coefficient (Wildman–Crippen LogP) is -0.0650. The number of anilines is 1. The molecule has 1 aromatic carbocycles. The molecule has 7 heteroatoms. The van der Waals surface area contributed by atoms with E-state index in [0.717, 1.165) is 12.0 Å². The van der Waals surface area contributed by atoms with Crippen LogP contribution >= 0.6 is 0 Å². The first-order valence-electron chi connectivity index (χ1n) is 6.90. The zero-order valence-corrected chi connectivity index (χ0v) is 12.7. The van der Waals surface area contributed by atoms with Crippen LogP contribution in [0.25, 0.3) is 0 Å². The molecule has 6 nitrogen and oxygen atoms in total. The summed E-state index contributed by atoms with van der Waals surface area (Å²) in [5.41, 5.74) is 1.83. The third-order valence-corrected chi connectivity index (χ3v) is 5.18. The Bertz CT molecular complexity index is 615. The largest absolute Gasteiger partial charge is 0.390 e. The van der Waals surface area contributed by atoms with Gasteiger partial charge >= 0.3 is 0 Å². The van der Waals surface area contributed by atoms with Gasteiger partial charge in [0.2, 0.25) is 5.91 Å². The van der Waals surface area contributed by atoms with E-state index in [1.54, 1.807) is 6.07 Å². The van der Waals surface area contributed by atoms with Crippen LogP contribution in [0.4, 0.5) is 5.69 Å². The Morgan fingerprint density at radius 2 is 2.14 bits per heavy atom. The minimum absolute atomic E-state index is 0.0341. The molecule has 0 aromatic heterocycles. The predicted molar refractivity (Wildman–Crippen MR) is 80.9 cm³/mol. The second-order valence-electron chi connectivity index (χ2n) is 5.23. The SMILES string of the molecule is CCc1cccc(NC(=O)CNC2CS(=O)(=O)CC2O)c1. The van der Waals surface area contributed by atoms with E-state index >= 15 is 0 Å². The third-order valence-electron chi connectivity index (χ3n) is 3.47. The van der Waals surface area contributed by atoms with Crippen LogP contribution in [-0.2, 0) is 21.1 Å². The molecule has 1 aromatic rings. The van der Waals surface area contributed by atoms with E-state index in [4.69, 9.17) is 0 Å². The van der Waals surface area contributed by atoms with E-state index in [1.807, 2.05) is 25.1 Å². The maximum Gasteiger partial charge on any atom is 0.238 e. The van der Waals surface area contributed by atoms with E-state index in [-0.39, 0.29) is 24.0 Å². The van der Waals surface area contributed by atoms with Crippen LogP contribution in [0.15, 0.2) is 24.3 Å². The quantitative estimate of drug-likeness (QED) is 0.708. The lowest BCUT2D eigenvalue weighted by atomic mass is 10.1. The number of amides is 1. The van der Waals surface area contributed by atoms with Crippen molar-refractivity contribution in [3.05, 3.63) is 29.8 Å². The lowest BCUT2D eigenvalue weighted by molar-refractivity contribution is -0.115. The summed E-state index contributed by atoms with van der Waals surface area (Å²) in [6.07, 6.45) is -0.0696. The minimum atomic E-state index is -3.20. The Morgan fingerprint density at radius 3 is 2.76 bits per heavy atom. The zero-order valence-electron chi connectivity index (χ0n) is 11.9. The first kappa shape index (κ1) is 15.9. The van der Waals surface area contributed by atoms with Crippen molar-refractivity contribution >= 4 is 21.4 Å². The fourth-order valence-corrected chi connectivity index (χ4v) is 4.10. The standard InChI is InChI=1S/C14H20N2O4S/c1-2-10-4-3-5-11(6-10)16-14(18)7-15-12-8-21(19,20)9-13(12)17/h3-6,12-13,15,17H,2,7-9H2,1H3,(H,16,18). The number of aryl methyl sites for hydroxylation is 1. The van der Waals surface area contributed by atoms with Crippen LogP contribution in [-0.4, -0.2) is 49.6 Å². The average Bonchev–Trinajstić information content (AvgIpc) is 2.69. The van der Waals surface area contributed by atoms with Gasteiger partial charge < -0.3 is 15.7 Å². The highest BCUT2D eigenvalue weighted by Crippen LogP contribution is 2.13. The molecule has 0 bridgehead atoms. The molecule has 1 aliphatic rings. The van der Waals surface area contributed by atoms with Gasteiger partial charge in [0.25, 0.3) is 0 Å². The summed E-state index contributed by atoms with van der Waals surface area (Å²) in [6, 6.07) is 6.96. The molecule has 1 saturated heterocycles. The summed E-state index contributed by atoms with van der Waals surface area (Å²) < 4.78 is 22.7. The topological polar surface area (TPSA) is 95.5 Å². The van der Waals surface area contributed by atoms with Gasteiger partial charge in [0.15, 0.2) is 9.84 Å². The van der Waals surface area contributed by atoms with Gasteiger partial charge in [-0.3, -0.25) is 4.79 Å². The highest BCUT2D eigenvalue weighted by atomic mass is 32.2. The smallest absolute Gasteiger partial charge is 0.238 e. The van der Waals surface area contributed by atoms with Crippen molar-refractivity contribution in [2.75, 3.05) is 23.4 Å². The number of rotatable bonds is 5. The van der Waals surface area contributed by atoms with Crippen LogP contribution in [0, 0.1) is 0 Å². The fraction of sp³-hybridized carbons (Fsp3) is 0.500. The summed E-state index contributed by atoms with van der Waals surface area (Å²) in [5.74, 6) is -0.642. The van der Waals surface area contributed by atoms with Crippen LogP contribution in [0.2, 0.25) is 0 Å². The number of hydrogen-bond donors (Lipinski definition) is 3. The number of benzene rings is 1. The molecule has 2 rings (SSSR count). The average molecular weight is 312 g/mol. The molecule has 0 spiro atoms. The van der Waals surface area contributed by atoms with Crippen molar-refractivity contribution in [1.29, 1.82) is 0 Å². The highest BCUT2D eigenvalue weighted by Gasteiger charge is 2.36. The molecule has 1 fully saturated rings. The van der Waals surface area contributed by atoms with Crippen molar-refractivity contribution in [3.63, 3.8) is 0 Å². The molecule has 2 atom stereocenters. The zero-order chi connectivity index (χ0) is 15.5. The van der Waals surface area contributed by atoms with Gasteiger partial charge in [-0.05, 0) is 24.1 Å². The Kier molecular flexibility index (Phi) is 4.97. The second kappa shape index (κ2) is 6.55.